The summed E-state index contributed by atoms with van der Waals surface area (Å²) in [5.74, 6) is -0.237. The molecule has 3 N–H and O–H groups in total. The second-order valence-corrected chi connectivity index (χ2v) is 6.38. The zero-order chi connectivity index (χ0) is 21.8. The highest BCUT2D eigenvalue weighted by Crippen LogP contribution is 2.18. The van der Waals surface area contributed by atoms with Crippen LogP contribution in [0.15, 0.2) is 61.2 Å². The first-order valence-corrected chi connectivity index (χ1v) is 9.84. The highest BCUT2D eigenvalue weighted by Gasteiger charge is 2.13. The molecule has 2 aromatic carbocycles. The monoisotopic (exact) mass is 409 g/mol. The summed E-state index contributed by atoms with van der Waals surface area (Å²) in [5.41, 5.74) is 1.29. The van der Waals surface area contributed by atoms with Crippen LogP contribution in [-0.4, -0.2) is 37.4 Å². The maximum atomic E-state index is 12.3. The molecule has 0 saturated carbocycles. The van der Waals surface area contributed by atoms with Crippen LogP contribution in [0.2, 0.25) is 0 Å². The van der Waals surface area contributed by atoms with E-state index in [0.717, 1.165) is 0 Å². The molecule has 158 valence electrons. The fourth-order valence-electron chi connectivity index (χ4n) is 2.74. The Labute approximate surface area is 176 Å². The van der Waals surface area contributed by atoms with Gasteiger partial charge in [0.2, 0.25) is 5.91 Å². The van der Waals surface area contributed by atoms with Gasteiger partial charge in [0, 0.05) is 19.5 Å². The lowest BCUT2D eigenvalue weighted by Crippen LogP contribution is -2.27. The molecule has 0 bridgehead atoms. The minimum Gasteiger partial charge on any atom is -0.493 e. The zero-order valence-corrected chi connectivity index (χ0v) is 17.1. The summed E-state index contributed by atoms with van der Waals surface area (Å²) in [6.07, 6.45) is 2.25. The smallest absolute Gasteiger partial charge is 0.255 e. The number of ether oxygens (including phenoxy) is 1. The number of hydrogen-bond donors (Lipinski definition) is 3. The van der Waals surface area contributed by atoms with E-state index in [9.17, 15) is 14.4 Å². The highest BCUT2D eigenvalue weighted by molar-refractivity contribution is 6.03. The molecule has 7 heteroatoms. The van der Waals surface area contributed by atoms with Gasteiger partial charge in [0.1, 0.15) is 5.75 Å². The van der Waals surface area contributed by atoms with Gasteiger partial charge < -0.3 is 20.7 Å². The Hall–Kier alpha value is -3.61. The number of nitrogens with one attached hydrogen (secondary N) is 3. The Morgan fingerprint density at radius 3 is 2.37 bits per heavy atom. The van der Waals surface area contributed by atoms with Crippen LogP contribution in [0.4, 0.5) is 5.69 Å². The minimum absolute atomic E-state index is 0.204. The van der Waals surface area contributed by atoms with Gasteiger partial charge in [0.05, 0.1) is 23.4 Å². The fourth-order valence-corrected chi connectivity index (χ4v) is 2.74. The molecule has 0 aromatic heterocycles. The van der Waals surface area contributed by atoms with Crippen molar-refractivity contribution in [2.75, 3.05) is 25.0 Å². The van der Waals surface area contributed by atoms with Gasteiger partial charge in [-0.05, 0) is 37.6 Å². The first kappa shape index (κ1) is 22.7. The number of carbonyl (C=O) groups is 3. The van der Waals surface area contributed by atoms with E-state index in [1.165, 1.54) is 0 Å². The highest BCUT2D eigenvalue weighted by atomic mass is 16.5. The van der Waals surface area contributed by atoms with E-state index >= 15 is 0 Å². The summed E-state index contributed by atoms with van der Waals surface area (Å²) in [6, 6.07) is 13.8. The van der Waals surface area contributed by atoms with Crippen LogP contribution >= 0.6 is 0 Å². The van der Waals surface area contributed by atoms with Crippen LogP contribution in [0, 0.1) is 0 Å². The fraction of sp³-hybridized carbons (Fsp3) is 0.261. The van der Waals surface area contributed by atoms with Gasteiger partial charge in [-0.3, -0.25) is 14.4 Å². The second kappa shape index (κ2) is 12.1. The molecule has 0 radical (unpaired) electrons. The number of rotatable bonds is 11. The third-order valence-electron chi connectivity index (χ3n) is 4.15. The number of benzene rings is 2. The Bertz CT molecular complexity index is 896. The lowest BCUT2D eigenvalue weighted by atomic mass is 10.1. The maximum Gasteiger partial charge on any atom is 0.255 e. The van der Waals surface area contributed by atoms with Crippen molar-refractivity contribution in [3.05, 3.63) is 72.3 Å². The van der Waals surface area contributed by atoms with Crippen LogP contribution in [0.25, 0.3) is 0 Å². The van der Waals surface area contributed by atoms with Gasteiger partial charge in [0.15, 0.2) is 0 Å². The van der Waals surface area contributed by atoms with E-state index in [1.807, 2.05) is 13.0 Å². The van der Waals surface area contributed by atoms with Crippen LogP contribution in [0.3, 0.4) is 0 Å². The van der Waals surface area contributed by atoms with Crippen LogP contribution in [0.1, 0.15) is 40.5 Å². The summed E-state index contributed by atoms with van der Waals surface area (Å²) in [5, 5.41) is 8.24. The van der Waals surface area contributed by atoms with Crippen molar-refractivity contribution in [2.45, 2.75) is 19.8 Å². The Balaban J connectivity index is 1.83. The third kappa shape index (κ3) is 6.77. The largest absolute Gasteiger partial charge is 0.493 e. The molecule has 0 aliphatic heterocycles. The van der Waals surface area contributed by atoms with Crippen molar-refractivity contribution in [1.29, 1.82) is 0 Å². The molecule has 30 heavy (non-hydrogen) atoms. The molecule has 3 amide bonds. The SMILES string of the molecule is C=CCNC(=O)c1ccccc1NC(=O)CCCNC(=O)c1ccccc1OCC. The molecule has 0 spiro atoms. The van der Waals surface area contributed by atoms with Crippen molar-refractivity contribution in [3.8, 4) is 5.75 Å². The quantitative estimate of drug-likeness (QED) is 0.392. The minimum atomic E-state index is -0.286. The summed E-state index contributed by atoms with van der Waals surface area (Å²) in [7, 11) is 0. The van der Waals surface area contributed by atoms with Gasteiger partial charge in [-0.1, -0.05) is 30.3 Å². The number of para-hydroxylation sites is 2. The Morgan fingerprint density at radius 1 is 0.967 bits per heavy atom. The number of hydrogen-bond acceptors (Lipinski definition) is 4. The molecule has 0 atom stereocenters. The van der Waals surface area contributed by atoms with E-state index in [0.29, 0.717) is 48.7 Å². The average Bonchev–Trinajstić information content (AvgIpc) is 2.76. The van der Waals surface area contributed by atoms with E-state index in [2.05, 4.69) is 22.5 Å². The van der Waals surface area contributed by atoms with Crippen molar-refractivity contribution >= 4 is 23.4 Å². The van der Waals surface area contributed by atoms with E-state index in [1.54, 1.807) is 48.5 Å². The number of carbonyl (C=O) groups excluding carboxylic acids is 3. The molecule has 0 heterocycles. The standard InChI is InChI=1S/C23H27N3O4/c1-3-15-24-22(28)17-10-5-7-12-19(17)26-21(27)14-9-16-25-23(29)18-11-6-8-13-20(18)30-4-2/h3,5-8,10-13H,1,4,9,14-16H2,2H3,(H,24,28)(H,25,29)(H,26,27). The van der Waals surface area contributed by atoms with Crippen LogP contribution < -0.4 is 20.7 Å². The van der Waals surface area contributed by atoms with Crippen molar-refractivity contribution < 1.29 is 19.1 Å². The number of amides is 3. The van der Waals surface area contributed by atoms with Crippen molar-refractivity contribution in [2.24, 2.45) is 0 Å². The average molecular weight is 409 g/mol. The molecular formula is C23H27N3O4. The first-order chi connectivity index (χ1) is 14.6. The summed E-state index contributed by atoms with van der Waals surface area (Å²) >= 11 is 0. The molecule has 2 rings (SSSR count). The van der Waals surface area contributed by atoms with E-state index in [-0.39, 0.29) is 24.1 Å². The number of anilines is 1. The molecule has 0 saturated heterocycles. The third-order valence-corrected chi connectivity index (χ3v) is 4.15. The summed E-state index contributed by atoms with van der Waals surface area (Å²) in [4.78, 5) is 36.8. The van der Waals surface area contributed by atoms with Gasteiger partial charge in [-0.25, -0.2) is 0 Å². The zero-order valence-electron chi connectivity index (χ0n) is 17.1. The predicted molar refractivity (Wildman–Crippen MR) is 117 cm³/mol. The lowest BCUT2D eigenvalue weighted by Gasteiger charge is -2.12. The normalized spacial score (nSPS) is 10.0. The second-order valence-electron chi connectivity index (χ2n) is 6.38. The molecule has 0 aliphatic rings. The molecule has 0 aliphatic carbocycles. The molecule has 2 aromatic rings. The Morgan fingerprint density at radius 2 is 1.63 bits per heavy atom. The predicted octanol–water partition coefficient (Wildman–Crippen LogP) is 3.15. The van der Waals surface area contributed by atoms with Crippen LogP contribution in [0.5, 0.6) is 5.75 Å². The Kier molecular flexibility index (Phi) is 9.12. The maximum absolute atomic E-state index is 12.3. The summed E-state index contributed by atoms with van der Waals surface area (Å²) < 4.78 is 5.46. The molecule has 0 fully saturated rings. The topological polar surface area (TPSA) is 96.5 Å². The van der Waals surface area contributed by atoms with E-state index < -0.39 is 0 Å². The molecule has 7 nitrogen and oxygen atoms in total. The molecule has 0 unspecified atom stereocenters. The van der Waals surface area contributed by atoms with Gasteiger partial charge >= 0.3 is 0 Å². The van der Waals surface area contributed by atoms with Crippen molar-refractivity contribution in [3.63, 3.8) is 0 Å². The summed E-state index contributed by atoms with van der Waals surface area (Å²) in [6.45, 7) is 6.57. The molecular weight excluding hydrogens is 382 g/mol. The van der Waals surface area contributed by atoms with Gasteiger partial charge in [-0.2, -0.15) is 0 Å². The van der Waals surface area contributed by atoms with Gasteiger partial charge in [-0.15, -0.1) is 6.58 Å². The lowest BCUT2D eigenvalue weighted by molar-refractivity contribution is -0.116. The van der Waals surface area contributed by atoms with E-state index in [4.69, 9.17) is 4.74 Å². The van der Waals surface area contributed by atoms with Crippen molar-refractivity contribution in [1.82, 2.24) is 10.6 Å². The van der Waals surface area contributed by atoms with Gasteiger partial charge in [0.25, 0.3) is 11.8 Å². The van der Waals surface area contributed by atoms with Crippen LogP contribution in [-0.2, 0) is 4.79 Å². The first-order valence-electron chi connectivity index (χ1n) is 9.84.